The number of nitrogens with zero attached hydrogens (tertiary/aromatic N) is 4. The molecule has 0 aromatic carbocycles. The van der Waals surface area contributed by atoms with Crippen molar-refractivity contribution < 1.29 is 22.7 Å². The van der Waals surface area contributed by atoms with E-state index in [0.29, 0.717) is 5.69 Å². The first-order valence-corrected chi connectivity index (χ1v) is 10.5. The third-order valence-electron chi connectivity index (χ3n) is 5.47. The van der Waals surface area contributed by atoms with E-state index >= 15 is 0 Å². The minimum Gasteiger partial charge on any atom is -0.471 e. The lowest BCUT2D eigenvalue weighted by Gasteiger charge is -2.32. The number of rotatable bonds is 5. The number of hydrogen-bond donors (Lipinski definition) is 3. The fraction of sp³-hybridized carbons (Fsp3) is 0.333. The Morgan fingerprint density at radius 3 is 2.82 bits per heavy atom. The molecule has 34 heavy (non-hydrogen) atoms. The van der Waals surface area contributed by atoms with Crippen LogP contribution in [0.2, 0.25) is 5.15 Å². The topological polar surface area (TPSA) is 108 Å². The standard InChI is InChI=1S/C21H21ClF3N7O2/c1-4-20(21(23,24)25)10-31(14-8-27-16-7-15(22)30-32(16)18(14)20)19(33)29-13-5-12(3)28-17(6-13)34-9-11(2)26/h4-7,26-27H,1,8-10H2,2-3H3,(H,28,29,33)/t20-/m1/s1. The van der Waals surface area contributed by atoms with Gasteiger partial charge in [-0.3, -0.25) is 4.90 Å². The van der Waals surface area contributed by atoms with Crippen LogP contribution in [0.3, 0.4) is 0 Å². The van der Waals surface area contributed by atoms with E-state index in [4.69, 9.17) is 21.7 Å². The fourth-order valence-corrected chi connectivity index (χ4v) is 4.15. The smallest absolute Gasteiger partial charge is 0.405 e. The minimum atomic E-state index is -4.75. The number of ether oxygens (including phenoxy) is 1. The number of alkyl halides is 3. The summed E-state index contributed by atoms with van der Waals surface area (Å²) in [7, 11) is 0. The molecule has 0 spiro atoms. The highest BCUT2D eigenvalue weighted by molar-refractivity contribution is 6.29. The Labute approximate surface area is 197 Å². The summed E-state index contributed by atoms with van der Waals surface area (Å²) in [6.07, 6.45) is -3.96. The van der Waals surface area contributed by atoms with Gasteiger partial charge in [0, 0.05) is 29.2 Å². The summed E-state index contributed by atoms with van der Waals surface area (Å²) in [5.74, 6) is 0.462. The SMILES string of the molecule is C=C[C@@]1(C(F)(F)F)CN(C(=O)Nc2cc(C)nc(OCC(C)=N)c2)C2=C1n1nc(Cl)cc1NC2. The number of pyridine rings is 1. The Morgan fingerprint density at radius 2 is 2.18 bits per heavy atom. The van der Waals surface area contributed by atoms with Gasteiger partial charge in [-0.25, -0.2) is 14.5 Å². The summed E-state index contributed by atoms with van der Waals surface area (Å²) in [6, 6.07) is 3.63. The summed E-state index contributed by atoms with van der Waals surface area (Å²) in [4.78, 5) is 18.4. The van der Waals surface area contributed by atoms with Gasteiger partial charge in [0.2, 0.25) is 5.88 Å². The first kappa shape index (κ1) is 23.6. The van der Waals surface area contributed by atoms with E-state index in [1.807, 2.05) is 0 Å². The molecule has 0 saturated heterocycles. The lowest BCUT2D eigenvalue weighted by atomic mass is 9.84. The highest BCUT2D eigenvalue weighted by Crippen LogP contribution is 2.55. The zero-order valence-electron chi connectivity index (χ0n) is 18.3. The Kier molecular flexibility index (Phi) is 5.80. The van der Waals surface area contributed by atoms with Gasteiger partial charge >= 0.3 is 12.2 Å². The molecule has 9 nitrogen and oxygen atoms in total. The second kappa shape index (κ2) is 8.35. The maximum Gasteiger partial charge on any atom is 0.405 e. The van der Waals surface area contributed by atoms with Gasteiger partial charge in [0.25, 0.3) is 0 Å². The first-order chi connectivity index (χ1) is 15.9. The van der Waals surface area contributed by atoms with E-state index < -0.39 is 24.2 Å². The lowest BCUT2D eigenvalue weighted by molar-refractivity contribution is -0.185. The Bertz CT molecular complexity index is 1220. The fourth-order valence-electron chi connectivity index (χ4n) is 3.97. The zero-order chi connectivity index (χ0) is 24.8. The molecule has 2 aliphatic heterocycles. The number of nitrogens with one attached hydrogen (secondary N) is 3. The molecule has 4 heterocycles. The molecule has 2 aliphatic rings. The van der Waals surface area contributed by atoms with Crippen LogP contribution in [-0.2, 0) is 0 Å². The van der Waals surface area contributed by atoms with Gasteiger partial charge in [-0.05, 0) is 19.9 Å². The number of hydrogen-bond acceptors (Lipinski definition) is 6. The van der Waals surface area contributed by atoms with Crippen molar-refractivity contribution in [1.82, 2.24) is 19.7 Å². The van der Waals surface area contributed by atoms with Gasteiger partial charge in [0.15, 0.2) is 5.15 Å². The maximum atomic E-state index is 14.4. The van der Waals surface area contributed by atoms with Crippen molar-refractivity contribution >= 4 is 40.5 Å². The minimum absolute atomic E-state index is 0.0132. The Morgan fingerprint density at radius 1 is 1.44 bits per heavy atom. The third-order valence-corrected chi connectivity index (χ3v) is 5.66. The molecule has 0 bridgehead atoms. The number of anilines is 2. The maximum absolute atomic E-state index is 14.4. The Hall–Kier alpha value is -3.54. The van der Waals surface area contributed by atoms with Crippen LogP contribution in [-0.4, -0.2) is 57.3 Å². The second-order valence-electron chi connectivity index (χ2n) is 8.01. The average molecular weight is 496 g/mol. The molecule has 13 heteroatoms. The molecule has 0 fully saturated rings. The normalized spacial score (nSPS) is 19.3. The van der Waals surface area contributed by atoms with Gasteiger partial charge in [-0.1, -0.05) is 17.7 Å². The second-order valence-corrected chi connectivity index (χ2v) is 8.39. The van der Waals surface area contributed by atoms with E-state index in [2.05, 4.69) is 27.3 Å². The zero-order valence-corrected chi connectivity index (χ0v) is 19.0. The van der Waals surface area contributed by atoms with Gasteiger partial charge in [0.1, 0.15) is 17.8 Å². The van der Waals surface area contributed by atoms with Crippen molar-refractivity contribution in [3.05, 3.63) is 47.4 Å². The van der Waals surface area contributed by atoms with Crippen LogP contribution in [0.25, 0.3) is 5.70 Å². The molecule has 0 aliphatic carbocycles. The monoisotopic (exact) mass is 495 g/mol. The highest BCUT2D eigenvalue weighted by atomic mass is 35.5. The summed E-state index contributed by atoms with van der Waals surface area (Å²) in [6.45, 7) is 5.94. The number of aryl methyl sites for hydroxylation is 1. The number of aromatic nitrogens is 3. The van der Waals surface area contributed by atoms with E-state index in [0.717, 1.165) is 15.7 Å². The number of urea groups is 1. The number of carbonyl (C=O) groups excluding carboxylic acids is 1. The first-order valence-electron chi connectivity index (χ1n) is 10.1. The number of halogens is 4. The molecule has 3 N–H and O–H groups in total. The van der Waals surface area contributed by atoms with Crippen molar-refractivity contribution in [2.45, 2.75) is 20.0 Å². The number of fused-ring (bicyclic) bond motifs is 2. The Balaban J connectivity index is 1.70. The average Bonchev–Trinajstić information content (AvgIpc) is 3.29. The predicted molar refractivity (Wildman–Crippen MR) is 121 cm³/mol. The summed E-state index contributed by atoms with van der Waals surface area (Å²) in [5.41, 5.74) is -1.59. The van der Waals surface area contributed by atoms with E-state index in [9.17, 15) is 18.0 Å². The van der Waals surface area contributed by atoms with Crippen LogP contribution in [0.5, 0.6) is 5.88 Å². The van der Waals surface area contributed by atoms with Crippen LogP contribution in [0.1, 0.15) is 12.6 Å². The summed E-state index contributed by atoms with van der Waals surface area (Å²) < 4.78 is 49.7. The van der Waals surface area contributed by atoms with Crippen molar-refractivity contribution in [3.63, 3.8) is 0 Å². The van der Waals surface area contributed by atoms with Gasteiger partial charge in [-0.2, -0.15) is 18.3 Å². The van der Waals surface area contributed by atoms with Crippen molar-refractivity contribution in [2.75, 3.05) is 30.3 Å². The molecule has 0 unspecified atom stereocenters. The van der Waals surface area contributed by atoms with Crippen molar-refractivity contribution in [2.24, 2.45) is 5.41 Å². The third kappa shape index (κ3) is 3.98. The van der Waals surface area contributed by atoms with Crippen LogP contribution in [0.15, 0.2) is 36.6 Å². The van der Waals surface area contributed by atoms with Crippen molar-refractivity contribution in [3.8, 4) is 5.88 Å². The number of amides is 2. The molecular formula is C21H21ClF3N7O2. The molecule has 1 atom stereocenters. The van der Waals surface area contributed by atoms with Crippen LogP contribution in [0.4, 0.5) is 29.5 Å². The summed E-state index contributed by atoms with van der Waals surface area (Å²) in [5, 5.41) is 17.0. The van der Waals surface area contributed by atoms with Gasteiger partial charge in [-0.15, -0.1) is 6.58 Å². The highest BCUT2D eigenvalue weighted by Gasteiger charge is 2.63. The van der Waals surface area contributed by atoms with Crippen molar-refractivity contribution in [1.29, 1.82) is 5.41 Å². The summed E-state index contributed by atoms with van der Waals surface area (Å²) >= 11 is 5.95. The molecule has 180 valence electrons. The molecule has 0 saturated carbocycles. The molecule has 2 aromatic rings. The quantitative estimate of drug-likeness (QED) is 0.417. The van der Waals surface area contributed by atoms with Gasteiger partial charge < -0.3 is 20.8 Å². The molecule has 2 amide bonds. The molecular weight excluding hydrogens is 475 g/mol. The van der Waals surface area contributed by atoms with E-state index in [1.165, 1.54) is 12.1 Å². The van der Waals surface area contributed by atoms with E-state index in [1.54, 1.807) is 19.9 Å². The predicted octanol–water partition coefficient (Wildman–Crippen LogP) is 4.53. The van der Waals surface area contributed by atoms with Crippen LogP contribution < -0.4 is 15.4 Å². The van der Waals surface area contributed by atoms with Gasteiger partial charge in [0.05, 0.1) is 24.5 Å². The molecule has 0 radical (unpaired) electrons. The van der Waals surface area contributed by atoms with Crippen LogP contribution in [0, 0.1) is 17.7 Å². The lowest BCUT2D eigenvalue weighted by Crippen LogP contribution is -2.44. The largest absolute Gasteiger partial charge is 0.471 e. The van der Waals surface area contributed by atoms with Crippen LogP contribution >= 0.6 is 11.6 Å². The molecule has 4 rings (SSSR count). The van der Waals surface area contributed by atoms with E-state index in [-0.39, 0.29) is 52.8 Å². The molecule has 2 aromatic heterocycles. The number of carbonyl (C=O) groups is 1.